The Labute approximate surface area is 138 Å². The number of carbonyl (C=O) groups excluding carboxylic acids is 1. The maximum Gasteiger partial charge on any atom is 0.243 e. The highest BCUT2D eigenvalue weighted by molar-refractivity contribution is 5.81. The average Bonchev–Trinajstić information content (AvgIpc) is 3.31. The second kappa shape index (κ2) is 6.99. The lowest BCUT2D eigenvalue weighted by Gasteiger charge is -2.39. The first-order chi connectivity index (χ1) is 11.1. The highest BCUT2D eigenvalue weighted by Crippen LogP contribution is 2.33. The van der Waals surface area contributed by atoms with Crippen molar-refractivity contribution in [1.82, 2.24) is 20.4 Å². The zero-order chi connectivity index (χ0) is 16.4. The summed E-state index contributed by atoms with van der Waals surface area (Å²) in [6, 6.07) is 0.447. The van der Waals surface area contributed by atoms with Crippen molar-refractivity contribution in [2.75, 3.05) is 13.1 Å². The van der Waals surface area contributed by atoms with Crippen LogP contribution in [0.4, 0.5) is 0 Å². The molecule has 0 aromatic carbocycles. The molecule has 1 saturated heterocycles. The molecule has 1 amide bonds. The minimum absolute atomic E-state index is 0.0486. The quantitative estimate of drug-likeness (QED) is 0.871. The second-order valence-corrected chi connectivity index (χ2v) is 6.91. The van der Waals surface area contributed by atoms with Crippen LogP contribution in [0.5, 0.6) is 0 Å². The first-order valence-electron chi connectivity index (χ1n) is 8.99. The highest BCUT2D eigenvalue weighted by atomic mass is 16.5. The van der Waals surface area contributed by atoms with Gasteiger partial charge in [0, 0.05) is 31.5 Å². The van der Waals surface area contributed by atoms with Gasteiger partial charge < -0.3 is 14.7 Å². The lowest BCUT2D eigenvalue weighted by molar-refractivity contribution is -0.134. The maximum atomic E-state index is 12.3. The van der Waals surface area contributed by atoms with Crippen molar-refractivity contribution >= 4 is 5.91 Å². The van der Waals surface area contributed by atoms with Crippen molar-refractivity contribution in [1.29, 1.82) is 0 Å². The summed E-state index contributed by atoms with van der Waals surface area (Å²) < 4.78 is 5.34. The molecule has 1 aliphatic heterocycles. The molecule has 0 spiro atoms. The predicted octanol–water partition coefficient (Wildman–Crippen LogP) is 2.32. The molecule has 3 rings (SSSR count). The Hall–Kier alpha value is -1.43. The summed E-state index contributed by atoms with van der Waals surface area (Å²) in [5, 5.41) is 7.61. The van der Waals surface area contributed by atoms with E-state index < -0.39 is 0 Å². The van der Waals surface area contributed by atoms with Crippen LogP contribution in [0.2, 0.25) is 0 Å². The molecular formula is C17H28N4O2. The van der Waals surface area contributed by atoms with Gasteiger partial charge in [-0.2, -0.15) is 4.98 Å². The number of likely N-dealkylation sites (tertiary alicyclic amines) is 1. The molecule has 0 bridgehead atoms. The molecule has 2 fully saturated rings. The molecule has 128 valence electrons. The van der Waals surface area contributed by atoms with E-state index in [1.807, 2.05) is 6.92 Å². The fourth-order valence-corrected chi connectivity index (χ4v) is 3.43. The molecule has 6 heteroatoms. The standard InChI is InChI=1S/C17H28N4O2/c1-4-12-10-21(17(22)13-6-7-13)9-8-14(12)18-11(3)16-19-15(5-2)20-23-16/h11-14,18H,4-10H2,1-3H3/t11-,12-,14+/m0/s1. The molecule has 0 radical (unpaired) electrons. The molecular weight excluding hydrogens is 292 g/mol. The van der Waals surface area contributed by atoms with Crippen molar-refractivity contribution < 1.29 is 9.32 Å². The van der Waals surface area contributed by atoms with Crippen molar-refractivity contribution in [3.63, 3.8) is 0 Å². The number of nitrogens with one attached hydrogen (secondary N) is 1. The Morgan fingerprint density at radius 2 is 2.17 bits per heavy atom. The van der Waals surface area contributed by atoms with E-state index in [-0.39, 0.29) is 6.04 Å². The number of nitrogens with zero attached hydrogens (tertiary/aromatic N) is 3. The second-order valence-electron chi connectivity index (χ2n) is 6.91. The Kier molecular flexibility index (Phi) is 4.99. The number of piperidine rings is 1. The topological polar surface area (TPSA) is 71.3 Å². The number of hydrogen-bond acceptors (Lipinski definition) is 5. The molecule has 6 nitrogen and oxygen atoms in total. The molecule has 1 aromatic rings. The summed E-state index contributed by atoms with van der Waals surface area (Å²) in [6.07, 6.45) is 5.03. The maximum absolute atomic E-state index is 12.3. The Bertz CT molecular complexity index is 540. The van der Waals surface area contributed by atoms with Gasteiger partial charge in [-0.15, -0.1) is 0 Å². The van der Waals surface area contributed by atoms with E-state index in [2.05, 4.69) is 34.2 Å². The molecule has 23 heavy (non-hydrogen) atoms. The minimum Gasteiger partial charge on any atom is -0.342 e. The van der Waals surface area contributed by atoms with Crippen molar-refractivity contribution in [2.24, 2.45) is 11.8 Å². The molecule has 1 aromatic heterocycles. The van der Waals surface area contributed by atoms with E-state index in [1.54, 1.807) is 0 Å². The van der Waals surface area contributed by atoms with E-state index in [4.69, 9.17) is 4.52 Å². The summed E-state index contributed by atoms with van der Waals surface area (Å²) >= 11 is 0. The van der Waals surface area contributed by atoms with Gasteiger partial charge in [-0.25, -0.2) is 0 Å². The third-order valence-corrected chi connectivity index (χ3v) is 5.13. The molecule has 1 aliphatic carbocycles. The van der Waals surface area contributed by atoms with Gasteiger partial charge in [0.05, 0.1) is 6.04 Å². The van der Waals surface area contributed by atoms with Crippen LogP contribution in [0, 0.1) is 11.8 Å². The zero-order valence-corrected chi connectivity index (χ0v) is 14.4. The van der Waals surface area contributed by atoms with Gasteiger partial charge in [0.15, 0.2) is 5.82 Å². The average molecular weight is 320 g/mol. The smallest absolute Gasteiger partial charge is 0.243 e. The van der Waals surface area contributed by atoms with Gasteiger partial charge in [-0.3, -0.25) is 4.79 Å². The van der Waals surface area contributed by atoms with Crippen molar-refractivity contribution in [3.8, 4) is 0 Å². The first-order valence-corrected chi connectivity index (χ1v) is 8.99. The number of hydrogen-bond donors (Lipinski definition) is 1. The fourth-order valence-electron chi connectivity index (χ4n) is 3.43. The normalized spacial score (nSPS) is 26.3. The summed E-state index contributed by atoms with van der Waals surface area (Å²) in [4.78, 5) is 18.8. The van der Waals surface area contributed by atoms with E-state index in [9.17, 15) is 4.79 Å². The van der Waals surface area contributed by atoms with E-state index >= 15 is 0 Å². The van der Waals surface area contributed by atoms with Gasteiger partial charge in [-0.05, 0) is 32.1 Å². The van der Waals surface area contributed by atoms with Crippen LogP contribution in [-0.2, 0) is 11.2 Å². The largest absolute Gasteiger partial charge is 0.342 e. The van der Waals surface area contributed by atoms with Gasteiger partial charge in [-0.1, -0.05) is 25.4 Å². The van der Waals surface area contributed by atoms with Crippen LogP contribution < -0.4 is 5.32 Å². The molecule has 1 N–H and O–H groups in total. The highest BCUT2D eigenvalue weighted by Gasteiger charge is 2.38. The number of aryl methyl sites for hydroxylation is 1. The molecule has 1 saturated carbocycles. The molecule has 3 atom stereocenters. The fraction of sp³-hybridized carbons (Fsp3) is 0.824. The third kappa shape index (κ3) is 3.74. The van der Waals surface area contributed by atoms with E-state index in [0.29, 0.717) is 29.7 Å². The van der Waals surface area contributed by atoms with Gasteiger partial charge in [0.25, 0.3) is 0 Å². The lowest BCUT2D eigenvalue weighted by Crippen LogP contribution is -2.51. The predicted molar refractivity (Wildman–Crippen MR) is 86.7 cm³/mol. The summed E-state index contributed by atoms with van der Waals surface area (Å²) in [5.41, 5.74) is 0. The van der Waals surface area contributed by atoms with Crippen LogP contribution in [0.25, 0.3) is 0 Å². The lowest BCUT2D eigenvalue weighted by atomic mass is 9.89. The van der Waals surface area contributed by atoms with Gasteiger partial charge in [0.2, 0.25) is 11.8 Å². The van der Waals surface area contributed by atoms with Crippen LogP contribution >= 0.6 is 0 Å². The monoisotopic (exact) mass is 320 g/mol. The van der Waals surface area contributed by atoms with Crippen LogP contribution in [-0.4, -0.2) is 40.1 Å². The Morgan fingerprint density at radius 1 is 1.39 bits per heavy atom. The minimum atomic E-state index is 0.0486. The summed E-state index contributed by atoms with van der Waals surface area (Å²) in [6.45, 7) is 8.03. The van der Waals surface area contributed by atoms with Crippen molar-refractivity contribution in [2.45, 2.75) is 65.0 Å². The summed E-state index contributed by atoms with van der Waals surface area (Å²) in [7, 11) is 0. The number of rotatable bonds is 6. The van der Waals surface area contributed by atoms with E-state index in [0.717, 1.165) is 51.0 Å². The molecule has 2 heterocycles. The first kappa shape index (κ1) is 16.4. The van der Waals surface area contributed by atoms with Gasteiger partial charge >= 0.3 is 0 Å². The third-order valence-electron chi connectivity index (χ3n) is 5.13. The zero-order valence-electron chi connectivity index (χ0n) is 14.4. The van der Waals surface area contributed by atoms with Crippen LogP contribution in [0.15, 0.2) is 4.52 Å². The Morgan fingerprint density at radius 3 is 2.78 bits per heavy atom. The molecule has 2 aliphatic rings. The number of aromatic nitrogens is 2. The number of amides is 1. The van der Waals surface area contributed by atoms with Crippen molar-refractivity contribution in [3.05, 3.63) is 11.7 Å². The van der Waals surface area contributed by atoms with Gasteiger partial charge in [0.1, 0.15) is 0 Å². The number of carbonyl (C=O) groups is 1. The van der Waals surface area contributed by atoms with Crippen LogP contribution in [0.1, 0.15) is 64.2 Å². The van der Waals surface area contributed by atoms with E-state index in [1.165, 1.54) is 0 Å². The van der Waals surface area contributed by atoms with Crippen LogP contribution in [0.3, 0.4) is 0 Å². The SMILES string of the molecule is CCc1noc([C@H](C)N[C@@H]2CCN(C(=O)C3CC3)C[C@@H]2CC)n1. The summed E-state index contributed by atoms with van der Waals surface area (Å²) in [5.74, 6) is 2.60. The molecule has 0 unspecified atom stereocenters. The Balaban J connectivity index is 1.57.